The minimum absolute atomic E-state index is 0. The van der Waals surface area contributed by atoms with E-state index in [4.69, 9.17) is 15.0 Å². The van der Waals surface area contributed by atoms with Gasteiger partial charge in [0.05, 0.1) is 0 Å². The number of rotatable bonds is 13. The second kappa shape index (κ2) is 22.6. The van der Waals surface area contributed by atoms with Gasteiger partial charge >= 0.3 is 75.5 Å². The Bertz CT molecular complexity index is 770. The second-order valence-corrected chi connectivity index (χ2v) is 8.53. The summed E-state index contributed by atoms with van der Waals surface area (Å²) in [7, 11) is 0. The zero-order chi connectivity index (χ0) is 22.9. The Labute approximate surface area is 262 Å². The molecular formula is C25H32Ca2O5S. The third kappa shape index (κ3) is 17.3. The van der Waals surface area contributed by atoms with Gasteiger partial charge in [-0.25, -0.2) is 0 Å². The summed E-state index contributed by atoms with van der Waals surface area (Å²) in [5, 5.41) is 40.9. The molecule has 0 spiro atoms. The van der Waals surface area contributed by atoms with Gasteiger partial charge in [-0.05, 0) is 30.6 Å². The van der Waals surface area contributed by atoms with Crippen molar-refractivity contribution in [3.8, 4) is 11.5 Å². The van der Waals surface area contributed by atoms with Gasteiger partial charge in [0.15, 0.2) is 0 Å². The van der Waals surface area contributed by atoms with Crippen LogP contribution in [0.25, 0.3) is 0 Å². The molecule has 2 rings (SSSR count). The second-order valence-electron chi connectivity index (χ2n) is 7.48. The molecule has 5 nitrogen and oxygen atoms in total. The Hall–Kier alpha value is 0.179. The van der Waals surface area contributed by atoms with Gasteiger partial charge in [0, 0.05) is 9.79 Å². The summed E-state index contributed by atoms with van der Waals surface area (Å²) in [5.74, 6) is 0.00321. The van der Waals surface area contributed by atoms with Gasteiger partial charge in [-0.3, -0.25) is 0 Å². The molecule has 0 aliphatic rings. The van der Waals surface area contributed by atoms with E-state index in [2.05, 4.69) is 6.92 Å². The van der Waals surface area contributed by atoms with Gasteiger partial charge in [0.25, 0.3) is 0 Å². The van der Waals surface area contributed by atoms with Crippen LogP contribution in [-0.2, 0) is 6.42 Å². The van der Waals surface area contributed by atoms with E-state index in [1.807, 2.05) is 18.2 Å². The van der Waals surface area contributed by atoms with E-state index in [-0.39, 0.29) is 87.0 Å². The summed E-state index contributed by atoms with van der Waals surface area (Å²) in [5.41, 5.74) is 1.08. The van der Waals surface area contributed by atoms with Crippen LogP contribution in [0.15, 0.2) is 52.3 Å². The molecule has 0 radical (unpaired) electrons. The van der Waals surface area contributed by atoms with Crippen molar-refractivity contribution in [3.63, 3.8) is 0 Å². The zero-order valence-electron chi connectivity index (χ0n) is 19.7. The Morgan fingerprint density at radius 1 is 0.727 bits per heavy atom. The summed E-state index contributed by atoms with van der Waals surface area (Å²) in [6.45, 7) is 2.26. The number of hydrogen-bond acceptors (Lipinski definition) is 6. The summed E-state index contributed by atoms with van der Waals surface area (Å²) in [6.07, 6.45) is 11.6. The molecule has 8 heteroatoms. The molecule has 0 fully saturated rings. The van der Waals surface area contributed by atoms with Crippen LogP contribution in [0.2, 0.25) is 0 Å². The number of hydrogen-bond donors (Lipinski definition) is 0. The predicted molar refractivity (Wildman–Crippen MR) is 128 cm³/mol. The number of benzene rings is 2. The average molecular weight is 525 g/mol. The van der Waals surface area contributed by atoms with Crippen LogP contribution < -0.4 is 20.4 Å². The van der Waals surface area contributed by atoms with Crippen molar-refractivity contribution in [2.45, 2.75) is 87.3 Å². The van der Waals surface area contributed by atoms with E-state index in [0.29, 0.717) is 4.90 Å². The minimum Gasteiger partial charge on any atom is -0.872 e. The van der Waals surface area contributed by atoms with Gasteiger partial charge in [0.1, 0.15) is 0 Å². The Morgan fingerprint density at radius 2 is 1.21 bits per heavy atom. The maximum absolute atomic E-state index is 12.3. The van der Waals surface area contributed by atoms with Crippen molar-refractivity contribution in [2.24, 2.45) is 0 Å². The smallest absolute Gasteiger partial charge is 0.872 e. The first-order chi connectivity index (χ1) is 15.0. The Kier molecular flexibility index (Phi) is 24.2. The molecular weight excluding hydrogens is 492 g/mol. The molecule has 0 heterocycles. The molecule has 0 amide bonds. The zero-order valence-corrected chi connectivity index (χ0v) is 24.9. The number of carbonyl (C=O) groups excluding carboxylic acids is 1. The first kappa shape index (κ1) is 35.3. The Morgan fingerprint density at radius 3 is 1.76 bits per heavy atom. The van der Waals surface area contributed by atoms with Gasteiger partial charge in [-0.2, -0.15) is 0 Å². The average Bonchev–Trinajstić information content (AvgIpc) is 2.72. The third-order valence-corrected chi connectivity index (χ3v) is 6.15. The fraction of sp³-hybridized carbons (Fsp3) is 0.480. The molecule has 0 aromatic heterocycles. The fourth-order valence-corrected chi connectivity index (χ4v) is 4.33. The van der Waals surface area contributed by atoms with E-state index >= 15 is 0 Å². The van der Waals surface area contributed by atoms with Crippen LogP contribution in [0.5, 0.6) is 11.5 Å². The van der Waals surface area contributed by atoms with Crippen molar-refractivity contribution in [1.29, 1.82) is 0 Å². The van der Waals surface area contributed by atoms with Crippen molar-refractivity contribution in [3.05, 3.63) is 48.0 Å². The molecule has 0 saturated heterocycles. The normalized spacial score (nSPS) is 9.73. The molecule has 0 atom stereocenters. The van der Waals surface area contributed by atoms with Gasteiger partial charge in [-0.15, -0.1) is 0 Å². The van der Waals surface area contributed by atoms with E-state index < -0.39 is 6.16 Å². The van der Waals surface area contributed by atoms with Crippen molar-refractivity contribution in [2.75, 3.05) is 0 Å². The first-order valence-corrected chi connectivity index (χ1v) is 11.9. The van der Waals surface area contributed by atoms with Crippen molar-refractivity contribution in [1.82, 2.24) is 0 Å². The van der Waals surface area contributed by atoms with Crippen LogP contribution in [0, 0.1) is 0 Å². The topological polar surface area (TPSA) is 109 Å². The fourth-order valence-electron chi connectivity index (χ4n) is 3.32. The van der Waals surface area contributed by atoms with Crippen LogP contribution in [0.4, 0.5) is 4.79 Å². The standard InChI is InChI=1S/C24H34O2S.CH2O3.2Ca/c1-2-3-4-5-6-7-8-9-10-11-15-20-16-14-18-22(26)24(20)27-23-19-13-12-17-21(23)25;2-1(3)4;;/h12-14,16-19,25-26H,2-11,15H2,1H3;(H2,2,3,4);;/q;;2*+2/p-4. The molecule has 0 saturated carbocycles. The first-order valence-electron chi connectivity index (χ1n) is 11.1. The minimum atomic E-state index is -2.33. The number of carboxylic acid groups (broad SMARTS) is 2. The molecule has 2 aromatic carbocycles. The molecule has 33 heavy (non-hydrogen) atoms. The van der Waals surface area contributed by atoms with Crippen LogP contribution in [0.1, 0.15) is 76.7 Å². The molecule has 0 bridgehead atoms. The number of carbonyl (C=O) groups is 1. The van der Waals surface area contributed by atoms with Gasteiger partial charge in [0.2, 0.25) is 0 Å². The Balaban J connectivity index is 0. The van der Waals surface area contributed by atoms with Crippen LogP contribution in [0.3, 0.4) is 0 Å². The van der Waals surface area contributed by atoms with Crippen molar-refractivity contribution < 1.29 is 25.2 Å². The largest absolute Gasteiger partial charge is 2.00 e. The number of unbranched alkanes of at least 4 members (excludes halogenated alkanes) is 9. The molecule has 0 unspecified atom stereocenters. The van der Waals surface area contributed by atoms with Crippen LogP contribution >= 0.6 is 11.8 Å². The van der Waals surface area contributed by atoms with E-state index in [9.17, 15) is 10.2 Å². The molecule has 0 aliphatic carbocycles. The summed E-state index contributed by atoms with van der Waals surface area (Å²) in [6, 6.07) is 12.4. The third-order valence-electron chi connectivity index (χ3n) is 4.92. The molecule has 2 aromatic rings. The SMILES string of the molecule is CCCCCCCCCCCCc1cccc([O-])c1Sc1ccccc1[O-].O=C([O-])[O-].[Ca+2].[Ca+2]. The van der Waals surface area contributed by atoms with Gasteiger partial charge < -0.3 is 25.2 Å². The molecule has 172 valence electrons. The maximum Gasteiger partial charge on any atom is 2.00 e. The van der Waals surface area contributed by atoms with E-state index in [0.717, 1.165) is 23.3 Å². The maximum atomic E-state index is 12.3. The van der Waals surface area contributed by atoms with E-state index in [1.165, 1.54) is 69.5 Å². The van der Waals surface area contributed by atoms with Crippen molar-refractivity contribution >= 4 is 93.4 Å². The molecule has 0 aliphatic heterocycles. The monoisotopic (exact) mass is 524 g/mol. The predicted octanol–water partition coefficient (Wildman–Crippen LogP) is 3.24. The van der Waals surface area contributed by atoms with Gasteiger partial charge in [-0.1, -0.05) is 124 Å². The number of para-hydroxylation sites is 1. The van der Waals surface area contributed by atoms with Crippen LogP contribution in [-0.4, -0.2) is 81.6 Å². The summed E-state index contributed by atoms with van der Waals surface area (Å²) >= 11 is 1.32. The molecule has 0 N–H and O–H groups in total. The van der Waals surface area contributed by atoms with E-state index in [1.54, 1.807) is 24.3 Å². The quantitative estimate of drug-likeness (QED) is 0.294. The number of aryl methyl sites for hydroxylation is 1. The summed E-state index contributed by atoms with van der Waals surface area (Å²) in [4.78, 5) is 9.68. The summed E-state index contributed by atoms with van der Waals surface area (Å²) < 4.78 is 0.